The SMILES string of the molecule is Cc1cc(C2CC2)c(C(N)=S)cc1C(=O)O. The summed E-state index contributed by atoms with van der Waals surface area (Å²) in [5.41, 5.74) is 8.52. The summed E-state index contributed by atoms with van der Waals surface area (Å²) in [6.07, 6.45) is 2.28. The number of carbonyl (C=O) groups is 1. The Kier molecular flexibility index (Phi) is 2.68. The molecule has 3 N–H and O–H groups in total. The van der Waals surface area contributed by atoms with Crippen LogP contribution in [0.5, 0.6) is 0 Å². The van der Waals surface area contributed by atoms with Crippen molar-refractivity contribution in [1.82, 2.24) is 0 Å². The average molecular weight is 235 g/mol. The molecule has 0 bridgehead atoms. The Morgan fingerprint density at radius 2 is 2.06 bits per heavy atom. The van der Waals surface area contributed by atoms with Gasteiger partial charge in [-0.15, -0.1) is 0 Å². The Balaban J connectivity index is 2.58. The third-order valence-electron chi connectivity index (χ3n) is 2.91. The van der Waals surface area contributed by atoms with Gasteiger partial charge in [-0.2, -0.15) is 0 Å². The van der Waals surface area contributed by atoms with E-state index in [1.54, 1.807) is 13.0 Å². The van der Waals surface area contributed by atoms with Crippen LogP contribution in [0.25, 0.3) is 0 Å². The van der Waals surface area contributed by atoms with Gasteiger partial charge in [-0.05, 0) is 42.9 Å². The lowest BCUT2D eigenvalue weighted by Crippen LogP contribution is -2.14. The first-order chi connectivity index (χ1) is 7.50. The highest BCUT2D eigenvalue weighted by molar-refractivity contribution is 7.80. The highest BCUT2D eigenvalue weighted by atomic mass is 32.1. The van der Waals surface area contributed by atoms with Gasteiger partial charge in [0.2, 0.25) is 0 Å². The van der Waals surface area contributed by atoms with Crippen molar-refractivity contribution < 1.29 is 9.90 Å². The highest BCUT2D eigenvalue weighted by Gasteiger charge is 2.28. The lowest BCUT2D eigenvalue weighted by molar-refractivity contribution is 0.0696. The van der Waals surface area contributed by atoms with Crippen LogP contribution < -0.4 is 5.73 Å². The quantitative estimate of drug-likeness (QED) is 0.788. The molecule has 0 amide bonds. The van der Waals surface area contributed by atoms with E-state index in [4.69, 9.17) is 23.1 Å². The summed E-state index contributed by atoms with van der Waals surface area (Å²) in [6.45, 7) is 1.80. The molecule has 0 aromatic heterocycles. The number of benzene rings is 1. The molecule has 0 atom stereocenters. The maximum atomic E-state index is 11.0. The van der Waals surface area contributed by atoms with Crippen LogP contribution in [0.15, 0.2) is 12.1 Å². The van der Waals surface area contributed by atoms with Gasteiger partial charge in [0.15, 0.2) is 0 Å². The van der Waals surface area contributed by atoms with E-state index in [9.17, 15) is 4.79 Å². The van der Waals surface area contributed by atoms with Gasteiger partial charge in [0.25, 0.3) is 0 Å². The fourth-order valence-electron chi connectivity index (χ4n) is 1.91. The number of thiocarbonyl (C=S) groups is 1. The maximum absolute atomic E-state index is 11.0. The summed E-state index contributed by atoms with van der Waals surface area (Å²) in [7, 11) is 0. The molecule has 0 spiro atoms. The summed E-state index contributed by atoms with van der Waals surface area (Å²) in [5, 5.41) is 9.03. The first-order valence-electron chi connectivity index (χ1n) is 5.18. The van der Waals surface area contributed by atoms with E-state index in [0.29, 0.717) is 5.92 Å². The van der Waals surface area contributed by atoms with Crippen LogP contribution in [-0.4, -0.2) is 16.1 Å². The Labute approximate surface area is 99.3 Å². The largest absolute Gasteiger partial charge is 0.478 e. The van der Waals surface area contributed by atoms with Gasteiger partial charge in [-0.3, -0.25) is 0 Å². The van der Waals surface area contributed by atoms with Gasteiger partial charge in [0.05, 0.1) is 5.56 Å². The van der Waals surface area contributed by atoms with Crippen molar-refractivity contribution in [2.45, 2.75) is 25.7 Å². The molecule has 3 nitrogen and oxygen atoms in total. The zero-order chi connectivity index (χ0) is 11.9. The number of rotatable bonds is 3. The predicted molar refractivity (Wildman–Crippen MR) is 66.0 cm³/mol. The van der Waals surface area contributed by atoms with Crippen LogP contribution in [0.4, 0.5) is 0 Å². The fourth-order valence-corrected chi connectivity index (χ4v) is 2.08. The van der Waals surface area contributed by atoms with E-state index in [1.165, 1.54) is 0 Å². The molecule has 0 heterocycles. The maximum Gasteiger partial charge on any atom is 0.335 e. The molecule has 0 radical (unpaired) electrons. The minimum absolute atomic E-state index is 0.282. The van der Waals surface area contributed by atoms with Gasteiger partial charge >= 0.3 is 5.97 Å². The average Bonchev–Trinajstić information content (AvgIpc) is 2.99. The summed E-state index contributed by atoms with van der Waals surface area (Å²) in [4.78, 5) is 11.3. The topological polar surface area (TPSA) is 63.3 Å². The zero-order valence-electron chi connectivity index (χ0n) is 8.99. The van der Waals surface area contributed by atoms with Crippen molar-refractivity contribution in [2.24, 2.45) is 5.73 Å². The second-order valence-electron chi connectivity index (χ2n) is 4.20. The number of aryl methyl sites for hydroxylation is 1. The fraction of sp³-hybridized carbons (Fsp3) is 0.333. The van der Waals surface area contributed by atoms with Crippen molar-refractivity contribution in [3.8, 4) is 0 Å². The predicted octanol–water partition coefficient (Wildman–Crippen LogP) is 2.20. The molecule has 84 valence electrons. The van der Waals surface area contributed by atoms with E-state index < -0.39 is 5.97 Å². The van der Waals surface area contributed by atoms with E-state index in [0.717, 1.165) is 29.5 Å². The van der Waals surface area contributed by atoms with E-state index in [-0.39, 0.29) is 10.6 Å². The molecule has 1 aromatic rings. The third kappa shape index (κ3) is 1.93. The molecule has 1 fully saturated rings. The number of hydrogen-bond acceptors (Lipinski definition) is 2. The molecule has 16 heavy (non-hydrogen) atoms. The summed E-state index contributed by atoms with van der Waals surface area (Å²) >= 11 is 4.97. The van der Waals surface area contributed by atoms with Crippen LogP contribution in [0.3, 0.4) is 0 Å². The lowest BCUT2D eigenvalue weighted by atomic mass is 9.96. The first kappa shape index (κ1) is 11.1. The molecule has 0 unspecified atom stereocenters. The van der Waals surface area contributed by atoms with Crippen molar-refractivity contribution in [3.05, 3.63) is 34.4 Å². The van der Waals surface area contributed by atoms with E-state index >= 15 is 0 Å². The van der Waals surface area contributed by atoms with E-state index in [2.05, 4.69) is 0 Å². The number of hydrogen-bond donors (Lipinski definition) is 2. The van der Waals surface area contributed by atoms with E-state index in [1.807, 2.05) is 6.07 Å². The molecule has 0 saturated heterocycles. The summed E-state index contributed by atoms with van der Waals surface area (Å²) in [5.74, 6) is -0.421. The summed E-state index contributed by atoms with van der Waals surface area (Å²) < 4.78 is 0. The van der Waals surface area contributed by atoms with Crippen LogP contribution in [0.1, 0.15) is 45.8 Å². The zero-order valence-corrected chi connectivity index (χ0v) is 9.80. The standard InChI is InChI=1S/C12H13NO2S/c1-6-4-9(7-2-3-7)10(11(13)16)5-8(6)12(14)15/h4-5,7H,2-3H2,1H3,(H2,13,16)(H,14,15). The molecule has 1 saturated carbocycles. The summed E-state index contributed by atoms with van der Waals surface area (Å²) in [6, 6.07) is 3.52. The van der Waals surface area contributed by atoms with Crippen molar-refractivity contribution in [3.63, 3.8) is 0 Å². The lowest BCUT2D eigenvalue weighted by Gasteiger charge is -2.11. The minimum atomic E-state index is -0.933. The van der Waals surface area contributed by atoms with Crippen LogP contribution in [0.2, 0.25) is 0 Å². The van der Waals surface area contributed by atoms with Gasteiger partial charge in [0.1, 0.15) is 4.99 Å². The van der Waals surface area contributed by atoms with Gasteiger partial charge in [-0.25, -0.2) is 4.79 Å². The van der Waals surface area contributed by atoms with Gasteiger partial charge < -0.3 is 10.8 Å². The van der Waals surface area contributed by atoms with Crippen molar-refractivity contribution in [1.29, 1.82) is 0 Å². The van der Waals surface area contributed by atoms with Crippen LogP contribution >= 0.6 is 12.2 Å². The monoisotopic (exact) mass is 235 g/mol. The van der Waals surface area contributed by atoms with Crippen LogP contribution in [0, 0.1) is 6.92 Å². The van der Waals surface area contributed by atoms with Crippen LogP contribution in [-0.2, 0) is 0 Å². The Morgan fingerprint density at radius 3 is 2.50 bits per heavy atom. The first-order valence-corrected chi connectivity index (χ1v) is 5.59. The highest BCUT2D eigenvalue weighted by Crippen LogP contribution is 2.42. The van der Waals surface area contributed by atoms with Crippen molar-refractivity contribution >= 4 is 23.2 Å². The second-order valence-corrected chi connectivity index (χ2v) is 4.64. The number of carboxylic acids is 1. The molecule has 2 rings (SSSR count). The molecule has 4 heteroatoms. The third-order valence-corrected chi connectivity index (χ3v) is 3.13. The number of carboxylic acid groups (broad SMARTS) is 1. The van der Waals surface area contributed by atoms with Gasteiger partial charge in [0, 0.05) is 5.56 Å². The minimum Gasteiger partial charge on any atom is -0.478 e. The Hall–Kier alpha value is -1.42. The molecule has 1 aromatic carbocycles. The van der Waals surface area contributed by atoms with Gasteiger partial charge in [-0.1, -0.05) is 18.3 Å². The molecular weight excluding hydrogens is 222 g/mol. The van der Waals surface area contributed by atoms with Crippen molar-refractivity contribution in [2.75, 3.05) is 0 Å². The number of aromatic carboxylic acids is 1. The Bertz CT molecular complexity index is 478. The normalized spacial score (nSPS) is 14.8. The number of nitrogens with two attached hydrogens (primary N) is 1. The molecular formula is C12H13NO2S. The molecule has 0 aliphatic heterocycles. The molecule has 1 aliphatic rings. The smallest absolute Gasteiger partial charge is 0.335 e. The Morgan fingerprint density at radius 1 is 1.44 bits per heavy atom. The molecule has 1 aliphatic carbocycles. The second kappa shape index (κ2) is 3.87.